The highest BCUT2D eigenvalue weighted by atomic mass is 16.4. The summed E-state index contributed by atoms with van der Waals surface area (Å²) in [6.45, 7) is 2.20. The lowest BCUT2D eigenvalue weighted by Crippen LogP contribution is -2.03. The minimum absolute atomic E-state index is 0.247. The Bertz CT molecular complexity index is 356. The van der Waals surface area contributed by atoms with E-state index in [0.717, 1.165) is 38.5 Å². The van der Waals surface area contributed by atoms with Crippen molar-refractivity contribution in [3.63, 3.8) is 0 Å². The first-order chi connectivity index (χ1) is 11.2. The van der Waals surface area contributed by atoms with Gasteiger partial charge in [0, 0.05) is 6.42 Å². The largest absolute Gasteiger partial charge is 0.481 e. The zero-order valence-corrected chi connectivity index (χ0v) is 14.6. The summed E-state index contributed by atoms with van der Waals surface area (Å²) in [6, 6.07) is 0. The number of hydrogen-bond acceptors (Lipinski definition) is 2. The first-order valence-corrected chi connectivity index (χ1v) is 9.01. The van der Waals surface area contributed by atoms with E-state index in [1.807, 2.05) is 12.2 Å². The van der Waals surface area contributed by atoms with Crippen molar-refractivity contribution >= 4 is 5.97 Å². The number of carboxylic acids is 1. The van der Waals surface area contributed by atoms with Crippen LogP contribution in [0.25, 0.3) is 0 Å². The fraction of sp³-hybridized carbons (Fsp3) is 0.650. The van der Waals surface area contributed by atoms with Gasteiger partial charge >= 0.3 is 5.97 Å². The van der Waals surface area contributed by atoms with E-state index in [1.165, 1.54) is 19.3 Å². The zero-order valence-electron chi connectivity index (χ0n) is 14.6. The second kappa shape index (κ2) is 17.0. The average molecular weight is 322 g/mol. The van der Waals surface area contributed by atoms with Crippen LogP contribution in [0.1, 0.15) is 77.6 Å². The fourth-order valence-corrected chi connectivity index (χ4v) is 2.14. The summed E-state index contributed by atoms with van der Waals surface area (Å²) in [5, 5.41) is 18.4. The van der Waals surface area contributed by atoms with E-state index >= 15 is 0 Å². The number of unbranched alkanes of at least 4 members (excludes halogenated alkanes) is 4. The van der Waals surface area contributed by atoms with Gasteiger partial charge in [-0.1, -0.05) is 56.2 Å². The third-order valence-electron chi connectivity index (χ3n) is 3.58. The Labute approximate surface area is 141 Å². The Morgan fingerprint density at radius 2 is 1.57 bits per heavy atom. The van der Waals surface area contributed by atoms with E-state index < -0.39 is 5.97 Å². The van der Waals surface area contributed by atoms with Crippen molar-refractivity contribution in [3.05, 3.63) is 36.5 Å². The maximum Gasteiger partial charge on any atom is 0.303 e. The van der Waals surface area contributed by atoms with Crippen molar-refractivity contribution < 1.29 is 15.0 Å². The van der Waals surface area contributed by atoms with Crippen LogP contribution in [0.4, 0.5) is 0 Å². The molecule has 0 radical (unpaired) electrons. The Morgan fingerprint density at radius 1 is 0.913 bits per heavy atom. The van der Waals surface area contributed by atoms with Crippen LogP contribution >= 0.6 is 0 Å². The van der Waals surface area contributed by atoms with E-state index in [4.69, 9.17) is 5.11 Å². The Kier molecular flexibility index (Phi) is 16.0. The average Bonchev–Trinajstić information content (AvgIpc) is 2.52. The highest BCUT2D eigenvalue weighted by molar-refractivity contribution is 5.66. The number of carboxylic acid groups (broad SMARTS) is 1. The van der Waals surface area contributed by atoms with Crippen LogP contribution in [0.2, 0.25) is 0 Å². The van der Waals surface area contributed by atoms with Crippen LogP contribution < -0.4 is 0 Å². The molecule has 3 heteroatoms. The number of carbonyl (C=O) groups is 1. The van der Waals surface area contributed by atoms with E-state index in [9.17, 15) is 9.90 Å². The number of hydrogen-bond donors (Lipinski definition) is 2. The Balaban J connectivity index is 3.47. The molecule has 0 aliphatic heterocycles. The molecule has 0 bridgehead atoms. The fourth-order valence-electron chi connectivity index (χ4n) is 2.14. The molecule has 0 aromatic carbocycles. The molecule has 0 aromatic rings. The predicted octanol–water partition coefficient (Wildman–Crippen LogP) is 5.41. The summed E-state index contributed by atoms with van der Waals surface area (Å²) in [7, 11) is 0. The lowest BCUT2D eigenvalue weighted by atomic mass is 10.1. The summed E-state index contributed by atoms with van der Waals surface area (Å²) in [4.78, 5) is 10.3. The van der Waals surface area contributed by atoms with Crippen LogP contribution in [0, 0.1) is 0 Å². The number of aliphatic hydroxyl groups is 1. The summed E-state index contributed by atoms with van der Waals surface area (Å²) in [6.07, 6.45) is 22.3. The quantitative estimate of drug-likeness (QED) is 0.313. The molecular formula is C20H34O3. The standard InChI is InChI=1S/C20H34O3/c1-2-3-4-5-6-7-8-10-13-16-19(21)17-14-11-9-12-15-18-20(22)23/h5-6,8,10-11,14,19,21H,2-4,7,9,12-13,15-18H2,1H3,(H,22,23)/b6-5-,10-8-,14-11-/t19-/m1/s1. The molecule has 0 heterocycles. The number of aliphatic hydroxyl groups excluding tert-OH is 1. The van der Waals surface area contributed by atoms with E-state index in [0.29, 0.717) is 6.42 Å². The molecule has 0 aliphatic carbocycles. The molecule has 0 unspecified atom stereocenters. The second-order valence-electron chi connectivity index (χ2n) is 5.90. The molecule has 132 valence electrons. The molecular weight excluding hydrogens is 288 g/mol. The molecule has 2 N–H and O–H groups in total. The van der Waals surface area contributed by atoms with Gasteiger partial charge in [0.15, 0.2) is 0 Å². The summed E-state index contributed by atoms with van der Waals surface area (Å²) >= 11 is 0. The third kappa shape index (κ3) is 18.6. The topological polar surface area (TPSA) is 57.5 Å². The molecule has 0 saturated carbocycles. The number of allylic oxidation sites excluding steroid dienone is 5. The monoisotopic (exact) mass is 322 g/mol. The SMILES string of the molecule is CCCC/C=C\C/C=C\CC[C@@H](O)C/C=C\CCCCC(=O)O. The van der Waals surface area contributed by atoms with E-state index in [-0.39, 0.29) is 12.5 Å². The Hall–Kier alpha value is -1.35. The number of aliphatic carboxylic acids is 1. The molecule has 0 amide bonds. The first-order valence-electron chi connectivity index (χ1n) is 9.01. The minimum atomic E-state index is -0.728. The van der Waals surface area contributed by atoms with Crippen molar-refractivity contribution in [1.82, 2.24) is 0 Å². The van der Waals surface area contributed by atoms with Crippen molar-refractivity contribution in [2.45, 2.75) is 83.7 Å². The first kappa shape index (κ1) is 21.6. The Morgan fingerprint density at radius 3 is 2.26 bits per heavy atom. The maximum atomic E-state index is 10.3. The van der Waals surface area contributed by atoms with Crippen LogP contribution in [0.3, 0.4) is 0 Å². The second-order valence-corrected chi connectivity index (χ2v) is 5.90. The minimum Gasteiger partial charge on any atom is -0.481 e. The van der Waals surface area contributed by atoms with E-state index in [2.05, 4.69) is 31.2 Å². The van der Waals surface area contributed by atoms with Gasteiger partial charge in [-0.2, -0.15) is 0 Å². The van der Waals surface area contributed by atoms with Gasteiger partial charge in [-0.25, -0.2) is 0 Å². The smallest absolute Gasteiger partial charge is 0.303 e. The van der Waals surface area contributed by atoms with Gasteiger partial charge in [0.2, 0.25) is 0 Å². The van der Waals surface area contributed by atoms with Gasteiger partial charge in [0.1, 0.15) is 0 Å². The van der Waals surface area contributed by atoms with Gasteiger partial charge in [-0.15, -0.1) is 0 Å². The van der Waals surface area contributed by atoms with Crippen molar-refractivity contribution in [1.29, 1.82) is 0 Å². The summed E-state index contributed by atoms with van der Waals surface area (Å²) < 4.78 is 0. The number of rotatable bonds is 15. The van der Waals surface area contributed by atoms with Crippen LogP contribution in [0.15, 0.2) is 36.5 Å². The maximum absolute atomic E-state index is 10.3. The third-order valence-corrected chi connectivity index (χ3v) is 3.58. The predicted molar refractivity (Wildman–Crippen MR) is 97.5 cm³/mol. The molecule has 0 spiro atoms. The molecule has 0 saturated heterocycles. The van der Waals surface area contributed by atoms with Crippen LogP contribution in [0.5, 0.6) is 0 Å². The van der Waals surface area contributed by atoms with Crippen LogP contribution in [-0.4, -0.2) is 22.3 Å². The van der Waals surface area contributed by atoms with Gasteiger partial charge in [-0.3, -0.25) is 4.79 Å². The summed E-state index contributed by atoms with van der Waals surface area (Å²) in [5.41, 5.74) is 0. The highest BCUT2D eigenvalue weighted by Gasteiger charge is 1.99. The van der Waals surface area contributed by atoms with Crippen molar-refractivity contribution in [3.8, 4) is 0 Å². The van der Waals surface area contributed by atoms with Gasteiger partial charge in [-0.05, 0) is 51.4 Å². The van der Waals surface area contributed by atoms with E-state index in [1.54, 1.807) is 0 Å². The summed E-state index contributed by atoms with van der Waals surface area (Å²) in [5.74, 6) is -0.728. The molecule has 0 aliphatic rings. The van der Waals surface area contributed by atoms with Crippen molar-refractivity contribution in [2.75, 3.05) is 0 Å². The normalized spacial score (nSPS) is 13.5. The molecule has 1 atom stereocenters. The molecule has 23 heavy (non-hydrogen) atoms. The molecule has 3 nitrogen and oxygen atoms in total. The van der Waals surface area contributed by atoms with Crippen LogP contribution in [-0.2, 0) is 4.79 Å². The lowest BCUT2D eigenvalue weighted by molar-refractivity contribution is -0.137. The van der Waals surface area contributed by atoms with Crippen molar-refractivity contribution in [2.24, 2.45) is 0 Å². The molecule has 0 fully saturated rings. The lowest BCUT2D eigenvalue weighted by Gasteiger charge is -2.05. The zero-order chi connectivity index (χ0) is 17.2. The van der Waals surface area contributed by atoms with Gasteiger partial charge in [0.05, 0.1) is 6.10 Å². The van der Waals surface area contributed by atoms with Gasteiger partial charge in [0.25, 0.3) is 0 Å². The molecule has 0 rings (SSSR count). The van der Waals surface area contributed by atoms with Gasteiger partial charge < -0.3 is 10.2 Å². The highest BCUT2D eigenvalue weighted by Crippen LogP contribution is 2.06. The molecule has 0 aromatic heterocycles.